The highest BCUT2D eigenvalue weighted by molar-refractivity contribution is 6.32. The minimum atomic E-state index is -4.60. The molecule has 3 nitrogen and oxygen atoms in total. The molecule has 102 valence electrons. The van der Waals surface area contributed by atoms with E-state index < -0.39 is 29.0 Å². The van der Waals surface area contributed by atoms with E-state index in [0.29, 0.717) is 0 Å². The van der Waals surface area contributed by atoms with Crippen molar-refractivity contribution in [1.82, 2.24) is 5.32 Å². The normalized spacial score (nSPS) is 15.5. The van der Waals surface area contributed by atoms with Crippen LogP contribution in [0.25, 0.3) is 0 Å². The van der Waals surface area contributed by atoms with Crippen LogP contribution in [-0.2, 0) is 6.18 Å². The molecule has 1 rings (SSSR count). The number of hydrogen-bond acceptors (Lipinski definition) is 3. The number of rotatable bonds is 4. The summed E-state index contributed by atoms with van der Waals surface area (Å²) in [6.07, 6.45) is -7.32. The van der Waals surface area contributed by atoms with Gasteiger partial charge >= 0.3 is 6.18 Å². The van der Waals surface area contributed by atoms with Crippen molar-refractivity contribution in [2.45, 2.75) is 18.4 Å². The number of hydrogen-bond donors (Lipinski definition) is 3. The molecule has 0 spiro atoms. The second-order valence-corrected chi connectivity index (χ2v) is 4.15. The van der Waals surface area contributed by atoms with E-state index in [1.54, 1.807) is 7.05 Å². The second-order valence-electron chi connectivity index (χ2n) is 3.78. The van der Waals surface area contributed by atoms with Crippen molar-refractivity contribution in [3.8, 4) is 0 Å². The third-order valence-corrected chi connectivity index (χ3v) is 2.85. The van der Waals surface area contributed by atoms with Gasteiger partial charge in [0, 0.05) is 12.1 Å². The van der Waals surface area contributed by atoms with Gasteiger partial charge in [0.15, 0.2) is 0 Å². The molecule has 0 heterocycles. The van der Waals surface area contributed by atoms with Gasteiger partial charge in [-0.2, -0.15) is 13.2 Å². The van der Waals surface area contributed by atoms with Crippen LogP contribution in [-0.4, -0.2) is 29.9 Å². The van der Waals surface area contributed by atoms with Crippen LogP contribution in [0, 0.1) is 0 Å². The maximum absolute atomic E-state index is 12.6. The van der Waals surface area contributed by atoms with Crippen molar-refractivity contribution >= 4 is 11.6 Å². The molecule has 0 aliphatic carbocycles. The summed E-state index contributed by atoms with van der Waals surface area (Å²) in [5.74, 6) is 0. The van der Waals surface area contributed by atoms with Gasteiger partial charge in [0.25, 0.3) is 0 Å². The van der Waals surface area contributed by atoms with Crippen LogP contribution in [0.4, 0.5) is 13.2 Å². The Bertz CT molecular complexity index is 412. The Labute approximate surface area is 107 Å². The molecule has 0 radical (unpaired) electrons. The van der Waals surface area contributed by atoms with E-state index >= 15 is 0 Å². The quantitative estimate of drug-likeness (QED) is 0.792. The van der Waals surface area contributed by atoms with E-state index in [0.717, 1.165) is 12.1 Å². The predicted molar refractivity (Wildman–Crippen MR) is 61.3 cm³/mol. The Balaban J connectivity index is 3.11. The van der Waals surface area contributed by atoms with Crippen LogP contribution in [0.15, 0.2) is 18.2 Å². The fraction of sp³-hybridized carbons (Fsp3) is 0.455. The van der Waals surface area contributed by atoms with E-state index in [4.69, 9.17) is 11.6 Å². The third-order valence-electron chi connectivity index (χ3n) is 2.43. The van der Waals surface area contributed by atoms with Gasteiger partial charge in [-0.05, 0) is 13.1 Å². The average Bonchev–Trinajstić information content (AvgIpc) is 2.27. The maximum atomic E-state index is 12.6. The number of halogens is 4. The lowest BCUT2D eigenvalue weighted by Gasteiger charge is -2.20. The third kappa shape index (κ3) is 3.35. The van der Waals surface area contributed by atoms with Gasteiger partial charge in [0.1, 0.15) is 6.10 Å². The average molecular weight is 284 g/mol. The first-order valence-electron chi connectivity index (χ1n) is 5.15. The van der Waals surface area contributed by atoms with E-state index in [9.17, 15) is 23.4 Å². The Kier molecular flexibility index (Phi) is 4.98. The van der Waals surface area contributed by atoms with E-state index in [1.165, 1.54) is 6.07 Å². The fourth-order valence-corrected chi connectivity index (χ4v) is 1.87. The molecule has 3 N–H and O–H groups in total. The molecule has 0 amide bonds. The smallest absolute Gasteiger partial charge is 0.389 e. The minimum Gasteiger partial charge on any atom is -0.389 e. The van der Waals surface area contributed by atoms with Crippen molar-refractivity contribution in [3.63, 3.8) is 0 Å². The second kappa shape index (κ2) is 5.88. The molecule has 0 saturated carbocycles. The highest BCUT2D eigenvalue weighted by atomic mass is 35.5. The van der Waals surface area contributed by atoms with E-state index in [-0.39, 0.29) is 12.1 Å². The van der Waals surface area contributed by atoms with Crippen LogP contribution in [0.3, 0.4) is 0 Å². The molecular formula is C11H13ClF3NO2. The Morgan fingerprint density at radius 2 is 1.94 bits per heavy atom. The molecule has 18 heavy (non-hydrogen) atoms. The zero-order chi connectivity index (χ0) is 13.9. The monoisotopic (exact) mass is 283 g/mol. The van der Waals surface area contributed by atoms with Gasteiger partial charge in [-0.25, -0.2) is 0 Å². The molecule has 0 fully saturated rings. The number of likely N-dealkylation sites (N-methyl/N-ethyl adjacent to an activating group) is 1. The molecule has 7 heteroatoms. The first-order chi connectivity index (χ1) is 8.29. The number of aliphatic hydroxyl groups is 2. The summed E-state index contributed by atoms with van der Waals surface area (Å²) in [5.41, 5.74) is -1.17. The van der Waals surface area contributed by atoms with Crippen molar-refractivity contribution in [2.75, 3.05) is 13.6 Å². The van der Waals surface area contributed by atoms with Crippen LogP contribution in [0.1, 0.15) is 17.2 Å². The molecule has 0 aromatic heterocycles. The molecule has 1 aromatic carbocycles. The minimum absolute atomic E-state index is 0.0355. The molecule has 2 unspecified atom stereocenters. The summed E-state index contributed by atoms with van der Waals surface area (Å²) < 4.78 is 37.8. The summed E-state index contributed by atoms with van der Waals surface area (Å²) in [6.45, 7) is 0.0355. The number of nitrogens with one attached hydrogen (secondary N) is 1. The first-order valence-corrected chi connectivity index (χ1v) is 5.53. The topological polar surface area (TPSA) is 52.5 Å². The van der Waals surface area contributed by atoms with Crippen LogP contribution in [0.2, 0.25) is 5.02 Å². The van der Waals surface area contributed by atoms with Gasteiger partial charge in [-0.3, -0.25) is 0 Å². The molecule has 0 bridgehead atoms. The maximum Gasteiger partial charge on any atom is 0.417 e. The van der Waals surface area contributed by atoms with E-state index in [2.05, 4.69) is 5.32 Å². The molecule has 0 aliphatic heterocycles. The van der Waals surface area contributed by atoms with Crippen molar-refractivity contribution < 1.29 is 23.4 Å². The molecule has 2 atom stereocenters. The summed E-state index contributed by atoms with van der Waals surface area (Å²) in [4.78, 5) is 0. The van der Waals surface area contributed by atoms with Crippen LogP contribution >= 0.6 is 11.6 Å². The number of aliphatic hydroxyl groups excluding tert-OH is 2. The number of alkyl halides is 3. The van der Waals surface area contributed by atoms with Crippen molar-refractivity contribution in [1.29, 1.82) is 0 Å². The first kappa shape index (κ1) is 15.2. The standard InChI is InChI=1S/C11H13ClF3NO2/c1-16-5-8(17)10(18)6-3-2-4-7(9(6)12)11(13,14)15/h2-4,8,10,16-18H,5H2,1H3. The van der Waals surface area contributed by atoms with Crippen molar-refractivity contribution in [3.05, 3.63) is 34.3 Å². The Morgan fingerprint density at radius 1 is 1.33 bits per heavy atom. The Morgan fingerprint density at radius 3 is 2.44 bits per heavy atom. The van der Waals surface area contributed by atoms with Crippen LogP contribution in [0.5, 0.6) is 0 Å². The zero-order valence-electron chi connectivity index (χ0n) is 9.50. The molecule has 0 aliphatic rings. The van der Waals surface area contributed by atoms with Gasteiger partial charge in [-0.15, -0.1) is 0 Å². The lowest BCUT2D eigenvalue weighted by molar-refractivity contribution is -0.137. The highest BCUT2D eigenvalue weighted by Gasteiger charge is 2.35. The zero-order valence-corrected chi connectivity index (χ0v) is 10.3. The fourth-order valence-electron chi connectivity index (χ4n) is 1.53. The summed E-state index contributed by atoms with van der Waals surface area (Å²) in [7, 11) is 1.55. The van der Waals surface area contributed by atoms with Crippen molar-refractivity contribution in [2.24, 2.45) is 0 Å². The summed E-state index contributed by atoms with van der Waals surface area (Å²) in [6, 6.07) is 3.21. The van der Waals surface area contributed by atoms with E-state index in [1.807, 2.05) is 0 Å². The predicted octanol–water partition coefficient (Wildman–Crippen LogP) is 1.97. The molecule has 0 saturated heterocycles. The number of benzene rings is 1. The SMILES string of the molecule is CNCC(O)C(O)c1cccc(C(F)(F)F)c1Cl. The van der Waals surface area contributed by atoms with Gasteiger partial charge in [-0.1, -0.05) is 23.7 Å². The molecule has 1 aromatic rings. The highest BCUT2D eigenvalue weighted by Crippen LogP contribution is 2.38. The van der Waals surface area contributed by atoms with Gasteiger partial charge in [0.05, 0.1) is 16.7 Å². The lowest BCUT2D eigenvalue weighted by atomic mass is 10.0. The Hall–Kier alpha value is -0.820. The molecular weight excluding hydrogens is 271 g/mol. The van der Waals surface area contributed by atoms with Gasteiger partial charge < -0.3 is 15.5 Å². The van der Waals surface area contributed by atoms with Crippen LogP contribution < -0.4 is 5.32 Å². The lowest BCUT2D eigenvalue weighted by Crippen LogP contribution is -2.30. The largest absolute Gasteiger partial charge is 0.417 e. The summed E-state index contributed by atoms with van der Waals surface area (Å²) >= 11 is 5.62. The van der Waals surface area contributed by atoms with Gasteiger partial charge in [0.2, 0.25) is 0 Å². The summed E-state index contributed by atoms with van der Waals surface area (Å²) in [5, 5.41) is 21.3.